The van der Waals surface area contributed by atoms with Crippen molar-refractivity contribution in [2.45, 2.75) is 0 Å². The summed E-state index contributed by atoms with van der Waals surface area (Å²) in [6.45, 7) is 0. The van der Waals surface area contributed by atoms with Gasteiger partial charge in [-0.05, 0) is 11.6 Å². The highest BCUT2D eigenvalue weighted by Crippen LogP contribution is 2.15. The average molecular weight is 247 g/mol. The molecule has 1 aromatic heterocycles. The number of hydrogen-bond donors (Lipinski definition) is 1. The van der Waals surface area contributed by atoms with Gasteiger partial charge >= 0.3 is 11.3 Å². The molecular formula is C11H9N3O2S. The van der Waals surface area contributed by atoms with E-state index in [2.05, 4.69) is 14.1 Å². The van der Waals surface area contributed by atoms with Crippen LogP contribution in [-0.4, -0.2) is 15.5 Å². The SMILES string of the molecule is NC(=O)Oc1nc(/C=C/c2ccccc2)ns1. The minimum absolute atomic E-state index is 0.144. The summed E-state index contributed by atoms with van der Waals surface area (Å²) >= 11 is 0.978. The first-order valence-electron chi connectivity index (χ1n) is 4.78. The number of nitrogens with zero attached hydrogens (tertiary/aromatic N) is 2. The number of carbonyl (C=O) groups excluding carboxylic acids is 1. The molecule has 0 unspecified atom stereocenters. The lowest BCUT2D eigenvalue weighted by Gasteiger charge is -1.90. The number of benzene rings is 1. The van der Waals surface area contributed by atoms with Gasteiger partial charge in [-0.1, -0.05) is 36.4 Å². The Morgan fingerprint density at radius 3 is 2.76 bits per heavy atom. The molecule has 0 saturated heterocycles. The van der Waals surface area contributed by atoms with E-state index in [1.807, 2.05) is 36.4 Å². The number of hydrogen-bond acceptors (Lipinski definition) is 5. The van der Waals surface area contributed by atoms with Crippen LogP contribution in [0.3, 0.4) is 0 Å². The Hall–Kier alpha value is -2.21. The van der Waals surface area contributed by atoms with E-state index in [4.69, 9.17) is 5.73 Å². The Labute approximate surface area is 102 Å². The smallest absolute Gasteiger partial charge is 0.380 e. The molecule has 2 aromatic rings. The summed E-state index contributed by atoms with van der Waals surface area (Å²) in [5, 5.41) is 0.144. The molecule has 0 aliphatic carbocycles. The van der Waals surface area contributed by atoms with Gasteiger partial charge in [-0.3, -0.25) is 0 Å². The third-order valence-corrected chi connectivity index (χ3v) is 2.44. The quantitative estimate of drug-likeness (QED) is 0.901. The van der Waals surface area contributed by atoms with Gasteiger partial charge in [0.25, 0.3) is 0 Å². The van der Waals surface area contributed by atoms with Crippen molar-refractivity contribution in [1.29, 1.82) is 0 Å². The zero-order chi connectivity index (χ0) is 12.1. The fraction of sp³-hybridized carbons (Fsp3) is 0. The van der Waals surface area contributed by atoms with Crippen LogP contribution >= 0.6 is 11.5 Å². The zero-order valence-corrected chi connectivity index (χ0v) is 9.55. The molecule has 86 valence electrons. The maximum Gasteiger partial charge on any atom is 0.411 e. The summed E-state index contributed by atoms with van der Waals surface area (Å²) in [6, 6.07) is 9.75. The summed E-state index contributed by atoms with van der Waals surface area (Å²) in [6.07, 6.45) is 2.72. The number of carbonyl (C=O) groups is 1. The van der Waals surface area contributed by atoms with Crippen LogP contribution in [0.2, 0.25) is 0 Å². The minimum atomic E-state index is -0.889. The molecule has 0 atom stereocenters. The Morgan fingerprint density at radius 2 is 2.06 bits per heavy atom. The lowest BCUT2D eigenvalue weighted by atomic mass is 10.2. The Bertz CT molecular complexity index is 537. The number of nitrogens with two attached hydrogens (primary N) is 1. The molecule has 5 nitrogen and oxygen atoms in total. The highest BCUT2D eigenvalue weighted by atomic mass is 32.1. The fourth-order valence-electron chi connectivity index (χ4n) is 1.15. The molecule has 0 aliphatic rings. The van der Waals surface area contributed by atoms with Crippen molar-refractivity contribution in [2.75, 3.05) is 0 Å². The second-order valence-corrected chi connectivity index (χ2v) is 3.80. The van der Waals surface area contributed by atoms with E-state index in [1.165, 1.54) is 0 Å². The van der Waals surface area contributed by atoms with Crippen LogP contribution in [0.25, 0.3) is 12.2 Å². The van der Waals surface area contributed by atoms with Gasteiger partial charge < -0.3 is 10.5 Å². The molecule has 0 fully saturated rings. The summed E-state index contributed by atoms with van der Waals surface area (Å²) in [5.74, 6) is 0.482. The van der Waals surface area contributed by atoms with Crippen molar-refractivity contribution >= 4 is 29.8 Å². The van der Waals surface area contributed by atoms with Gasteiger partial charge in [-0.2, -0.15) is 9.36 Å². The summed E-state index contributed by atoms with van der Waals surface area (Å²) in [5.41, 5.74) is 5.90. The normalized spacial score (nSPS) is 10.6. The molecule has 0 saturated carbocycles. The van der Waals surface area contributed by atoms with E-state index in [-0.39, 0.29) is 5.19 Å². The van der Waals surface area contributed by atoms with E-state index in [0.29, 0.717) is 5.82 Å². The van der Waals surface area contributed by atoms with Crippen molar-refractivity contribution in [3.8, 4) is 5.19 Å². The topological polar surface area (TPSA) is 78.1 Å². The minimum Gasteiger partial charge on any atom is -0.380 e. The number of ether oxygens (including phenoxy) is 1. The largest absolute Gasteiger partial charge is 0.411 e. The molecule has 17 heavy (non-hydrogen) atoms. The first-order valence-corrected chi connectivity index (χ1v) is 5.55. The number of amides is 1. The van der Waals surface area contributed by atoms with Crippen LogP contribution in [-0.2, 0) is 0 Å². The van der Waals surface area contributed by atoms with E-state index < -0.39 is 6.09 Å². The van der Waals surface area contributed by atoms with Gasteiger partial charge in [0.05, 0.1) is 0 Å². The second kappa shape index (κ2) is 5.22. The Kier molecular flexibility index (Phi) is 3.46. The van der Waals surface area contributed by atoms with Gasteiger partial charge in [-0.25, -0.2) is 4.79 Å². The monoisotopic (exact) mass is 247 g/mol. The summed E-state index contributed by atoms with van der Waals surface area (Å²) in [7, 11) is 0. The predicted octanol–water partition coefficient (Wildman–Crippen LogP) is 2.17. The van der Waals surface area contributed by atoms with Gasteiger partial charge in [0.1, 0.15) is 0 Å². The third-order valence-electron chi connectivity index (χ3n) is 1.84. The van der Waals surface area contributed by atoms with Gasteiger partial charge in [-0.15, -0.1) is 0 Å². The van der Waals surface area contributed by atoms with Crippen molar-refractivity contribution in [3.63, 3.8) is 0 Å². The second-order valence-electron chi connectivity index (χ2n) is 3.08. The van der Waals surface area contributed by atoms with Crippen LogP contribution in [0.5, 0.6) is 5.19 Å². The van der Waals surface area contributed by atoms with Crippen molar-refractivity contribution in [2.24, 2.45) is 5.73 Å². The number of rotatable bonds is 3. The molecular weight excluding hydrogens is 238 g/mol. The van der Waals surface area contributed by atoms with Crippen molar-refractivity contribution in [3.05, 3.63) is 41.7 Å². The van der Waals surface area contributed by atoms with E-state index >= 15 is 0 Å². The molecule has 0 radical (unpaired) electrons. The maximum atomic E-state index is 10.5. The van der Waals surface area contributed by atoms with Crippen LogP contribution in [0.1, 0.15) is 11.4 Å². The molecule has 0 spiro atoms. The zero-order valence-electron chi connectivity index (χ0n) is 8.74. The standard InChI is InChI=1S/C11H9N3O2S/c12-10(15)16-11-13-9(14-17-11)7-6-8-4-2-1-3-5-8/h1-7H,(H2,12,15)/b7-6+. The molecule has 0 aliphatic heterocycles. The van der Waals surface area contributed by atoms with Crippen LogP contribution < -0.4 is 10.5 Å². The van der Waals surface area contributed by atoms with E-state index in [9.17, 15) is 4.79 Å². The molecule has 0 bridgehead atoms. The molecule has 1 aromatic carbocycles. The van der Waals surface area contributed by atoms with E-state index in [1.54, 1.807) is 6.08 Å². The number of aromatic nitrogens is 2. The molecule has 1 amide bonds. The third kappa shape index (κ3) is 3.39. The first-order chi connectivity index (χ1) is 8.24. The van der Waals surface area contributed by atoms with Crippen molar-refractivity contribution in [1.82, 2.24) is 9.36 Å². The first kappa shape index (κ1) is 11.3. The maximum absolute atomic E-state index is 10.5. The average Bonchev–Trinajstić information content (AvgIpc) is 2.75. The highest BCUT2D eigenvalue weighted by Gasteiger charge is 2.04. The lowest BCUT2D eigenvalue weighted by molar-refractivity contribution is 0.210. The number of primary amides is 1. The van der Waals surface area contributed by atoms with Crippen molar-refractivity contribution < 1.29 is 9.53 Å². The van der Waals surface area contributed by atoms with Crippen LogP contribution in [0, 0.1) is 0 Å². The van der Waals surface area contributed by atoms with Gasteiger partial charge in [0.2, 0.25) is 0 Å². The Balaban J connectivity index is 2.06. The fourth-order valence-corrected chi connectivity index (χ4v) is 1.68. The molecule has 2 rings (SSSR count). The summed E-state index contributed by atoms with van der Waals surface area (Å²) < 4.78 is 8.59. The van der Waals surface area contributed by atoms with Crippen LogP contribution in [0.4, 0.5) is 4.79 Å². The Morgan fingerprint density at radius 1 is 1.29 bits per heavy atom. The highest BCUT2D eigenvalue weighted by molar-refractivity contribution is 7.07. The predicted molar refractivity (Wildman–Crippen MR) is 65.5 cm³/mol. The summed E-state index contributed by atoms with van der Waals surface area (Å²) in [4.78, 5) is 14.4. The van der Waals surface area contributed by atoms with Crippen LogP contribution in [0.15, 0.2) is 30.3 Å². The molecule has 2 N–H and O–H groups in total. The molecule has 1 heterocycles. The lowest BCUT2D eigenvalue weighted by Crippen LogP contribution is -2.15. The van der Waals surface area contributed by atoms with Gasteiger partial charge in [0, 0.05) is 11.5 Å². The van der Waals surface area contributed by atoms with Gasteiger partial charge in [0.15, 0.2) is 5.82 Å². The van der Waals surface area contributed by atoms with E-state index in [0.717, 1.165) is 17.1 Å². The molecule has 6 heteroatoms.